The Morgan fingerprint density at radius 3 is 2.50 bits per heavy atom. The van der Waals surface area contributed by atoms with Crippen LogP contribution in [0.1, 0.15) is 34.3 Å². The Bertz CT molecular complexity index is 1000. The average Bonchev–Trinajstić information content (AvgIpc) is 3.19. The van der Waals surface area contributed by atoms with E-state index in [1.807, 2.05) is 65.7 Å². The zero-order chi connectivity index (χ0) is 20.8. The van der Waals surface area contributed by atoms with Crippen LogP contribution < -0.4 is 5.32 Å². The van der Waals surface area contributed by atoms with E-state index < -0.39 is 0 Å². The number of carbonyl (C=O) groups excluding carboxylic acids is 2. The summed E-state index contributed by atoms with van der Waals surface area (Å²) in [7, 11) is 0. The third kappa shape index (κ3) is 5.27. The van der Waals surface area contributed by atoms with Crippen molar-refractivity contribution >= 4 is 29.3 Å². The normalized spacial score (nSPS) is 13.5. The maximum absolute atomic E-state index is 12.5. The molecule has 2 heterocycles. The number of aromatic nitrogens is 1. The predicted molar refractivity (Wildman–Crippen MR) is 119 cm³/mol. The fourth-order valence-electron chi connectivity index (χ4n) is 3.34. The lowest BCUT2D eigenvalue weighted by atomic mass is 10.1. The van der Waals surface area contributed by atoms with Crippen molar-refractivity contribution in [3.05, 3.63) is 89.7 Å². The number of benzene rings is 2. The van der Waals surface area contributed by atoms with E-state index in [-0.39, 0.29) is 11.8 Å². The van der Waals surface area contributed by atoms with Crippen LogP contribution in [-0.4, -0.2) is 28.2 Å². The molecular formula is C24H23N3O2S. The van der Waals surface area contributed by atoms with Crippen LogP contribution in [0.3, 0.4) is 0 Å². The van der Waals surface area contributed by atoms with Gasteiger partial charge in [-0.1, -0.05) is 18.2 Å². The van der Waals surface area contributed by atoms with E-state index in [2.05, 4.69) is 16.4 Å². The van der Waals surface area contributed by atoms with Gasteiger partial charge in [0.05, 0.1) is 0 Å². The molecule has 6 heteroatoms. The Hall–Kier alpha value is -3.12. The van der Waals surface area contributed by atoms with Crippen molar-refractivity contribution < 1.29 is 9.59 Å². The summed E-state index contributed by atoms with van der Waals surface area (Å²) in [6.45, 7) is 1.43. The number of carbonyl (C=O) groups is 2. The van der Waals surface area contributed by atoms with Gasteiger partial charge < -0.3 is 10.2 Å². The second kappa shape index (κ2) is 9.59. The second-order valence-electron chi connectivity index (χ2n) is 7.24. The van der Waals surface area contributed by atoms with Crippen molar-refractivity contribution in [2.45, 2.75) is 30.0 Å². The van der Waals surface area contributed by atoms with Gasteiger partial charge in [0.15, 0.2) is 0 Å². The quantitative estimate of drug-likeness (QED) is 0.564. The number of hydrogen-bond donors (Lipinski definition) is 1. The minimum atomic E-state index is -0.144. The highest BCUT2D eigenvalue weighted by Gasteiger charge is 2.20. The molecule has 1 aliphatic heterocycles. The molecule has 2 aromatic carbocycles. The largest absolute Gasteiger partial charge is 0.338 e. The van der Waals surface area contributed by atoms with Gasteiger partial charge in [-0.2, -0.15) is 0 Å². The van der Waals surface area contributed by atoms with Crippen LogP contribution in [0.15, 0.2) is 78.0 Å². The highest BCUT2D eigenvalue weighted by molar-refractivity contribution is 7.98. The lowest BCUT2D eigenvalue weighted by Gasteiger charge is -2.15. The van der Waals surface area contributed by atoms with Crippen LogP contribution in [0, 0.1) is 0 Å². The first-order valence-corrected chi connectivity index (χ1v) is 11.0. The number of rotatable bonds is 7. The molecule has 30 heavy (non-hydrogen) atoms. The SMILES string of the molecule is O=C(Nc1ccc(SCc2cccnc2)cc1)c1ccc(CN2CCCC2=O)cc1. The monoisotopic (exact) mass is 417 g/mol. The molecule has 0 radical (unpaired) electrons. The summed E-state index contributed by atoms with van der Waals surface area (Å²) in [5.74, 6) is 0.919. The highest BCUT2D eigenvalue weighted by atomic mass is 32.2. The molecule has 1 saturated heterocycles. The molecule has 4 rings (SSSR count). The summed E-state index contributed by atoms with van der Waals surface area (Å²) in [5, 5.41) is 2.94. The molecule has 5 nitrogen and oxygen atoms in total. The minimum absolute atomic E-state index is 0.144. The Balaban J connectivity index is 1.30. The molecule has 0 aliphatic carbocycles. The standard InChI is InChI=1S/C24H23N3O2S/c28-23-4-2-14-27(23)16-18-5-7-20(8-6-18)24(29)26-21-9-11-22(12-10-21)30-17-19-3-1-13-25-15-19/h1,3,5-13,15H,2,4,14,16-17H2,(H,26,29). The van der Waals surface area contributed by atoms with Crippen molar-refractivity contribution in [1.29, 1.82) is 0 Å². The molecule has 0 unspecified atom stereocenters. The van der Waals surface area contributed by atoms with Gasteiger partial charge in [-0.25, -0.2) is 0 Å². The maximum atomic E-state index is 12.5. The Morgan fingerprint density at radius 2 is 1.83 bits per heavy atom. The summed E-state index contributed by atoms with van der Waals surface area (Å²) in [6.07, 6.45) is 5.21. The van der Waals surface area contributed by atoms with Crippen molar-refractivity contribution in [2.75, 3.05) is 11.9 Å². The summed E-state index contributed by atoms with van der Waals surface area (Å²) in [6, 6.07) is 19.3. The lowest BCUT2D eigenvalue weighted by Crippen LogP contribution is -2.23. The molecule has 3 aromatic rings. The van der Waals surface area contributed by atoms with Crippen molar-refractivity contribution in [2.24, 2.45) is 0 Å². The van der Waals surface area contributed by atoms with Gasteiger partial charge in [-0.15, -0.1) is 11.8 Å². The fourth-order valence-corrected chi connectivity index (χ4v) is 4.17. The highest BCUT2D eigenvalue weighted by Crippen LogP contribution is 2.24. The summed E-state index contributed by atoms with van der Waals surface area (Å²) in [4.78, 5) is 31.4. The number of anilines is 1. The van der Waals surface area contributed by atoms with Crippen LogP contribution >= 0.6 is 11.8 Å². The smallest absolute Gasteiger partial charge is 0.255 e. The molecule has 2 amide bonds. The summed E-state index contributed by atoms with van der Waals surface area (Å²) < 4.78 is 0. The van der Waals surface area contributed by atoms with E-state index in [0.29, 0.717) is 18.5 Å². The maximum Gasteiger partial charge on any atom is 0.255 e. The number of likely N-dealkylation sites (tertiary alicyclic amines) is 1. The molecule has 1 aromatic heterocycles. The van der Waals surface area contributed by atoms with E-state index in [4.69, 9.17) is 0 Å². The number of nitrogens with one attached hydrogen (secondary N) is 1. The molecule has 0 saturated carbocycles. The Labute approximate surface area is 180 Å². The molecular weight excluding hydrogens is 394 g/mol. The van der Waals surface area contributed by atoms with Crippen molar-refractivity contribution in [3.8, 4) is 0 Å². The number of hydrogen-bond acceptors (Lipinski definition) is 4. The predicted octanol–water partition coefficient (Wildman–Crippen LogP) is 4.75. The van der Waals surface area contributed by atoms with Crippen LogP contribution in [0.2, 0.25) is 0 Å². The van der Waals surface area contributed by atoms with E-state index in [9.17, 15) is 9.59 Å². The molecule has 152 valence electrons. The first kappa shape index (κ1) is 20.2. The molecule has 1 aliphatic rings. The molecule has 0 atom stereocenters. The van der Waals surface area contributed by atoms with Gasteiger partial charge >= 0.3 is 0 Å². The van der Waals surface area contributed by atoms with Crippen LogP contribution in [0.25, 0.3) is 0 Å². The van der Waals surface area contributed by atoms with Gasteiger partial charge in [-0.05, 0) is 60.0 Å². The molecule has 1 N–H and O–H groups in total. The van der Waals surface area contributed by atoms with Gasteiger partial charge in [0, 0.05) is 53.8 Å². The number of thioether (sulfide) groups is 1. The van der Waals surface area contributed by atoms with Crippen LogP contribution in [-0.2, 0) is 17.1 Å². The lowest BCUT2D eigenvalue weighted by molar-refractivity contribution is -0.128. The second-order valence-corrected chi connectivity index (χ2v) is 8.29. The third-order valence-electron chi connectivity index (χ3n) is 5.00. The van der Waals surface area contributed by atoms with E-state index in [1.54, 1.807) is 18.0 Å². The fraction of sp³-hybridized carbons (Fsp3) is 0.208. The van der Waals surface area contributed by atoms with Gasteiger partial charge in [0.25, 0.3) is 5.91 Å². The summed E-state index contributed by atoms with van der Waals surface area (Å²) in [5.41, 5.74) is 3.58. The number of amides is 2. The number of nitrogens with zero attached hydrogens (tertiary/aromatic N) is 2. The first-order valence-electron chi connectivity index (χ1n) is 9.97. The zero-order valence-electron chi connectivity index (χ0n) is 16.6. The van der Waals surface area contributed by atoms with Crippen molar-refractivity contribution in [1.82, 2.24) is 9.88 Å². The summed E-state index contributed by atoms with van der Waals surface area (Å²) >= 11 is 1.73. The molecule has 0 bridgehead atoms. The Kier molecular flexibility index (Phi) is 6.44. The minimum Gasteiger partial charge on any atom is -0.338 e. The third-order valence-corrected chi connectivity index (χ3v) is 6.08. The first-order chi connectivity index (χ1) is 14.7. The topological polar surface area (TPSA) is 62.3 Å². The van der Waals surface area contributed by atoms with Crippen molar-refractivity contribution in [3.63, 3.8) is 0 Å². The number of pyridine rings is 1. The van der Waals surface area contributed by atoms with Crippen LogP contribution in [0.4, 0.5) is 5.69 Å². The van der Waals surface area contributed by atoms with Gasteiger partial charge in [0.1, 0.15) is 0 Å². The zero-order valence-corrected chi connectivity index (χ0v) is 17.4. The Morgan fingerprint density at radius 1 is 1.03 bits per heavy atom. The van der Waals surface area contributed by atoms with E-state index >= 15 is 0 Å². The van der Waals surface area contributed by atoms with E-state index in [1.165, 1.54) is 5.56 Å². The van der Waals surface area contributed by atoms with Crippen LogP contribution in [0.5, 0.6) is 0 Å². The molecule has 1 fully saturated rings. The van der Waals surface area contributed by atoms with Gasteiger partial charge in [0.2, 0.25) is 5.91 Å². The average molecular weight is 418 g/mol. The van der Waals surface area contributed by atoms with Gasteiger partial charge in [-0.3, -0.25) is 14.6 Å². The molecule has 0 spiro atoms. The van der Waals surface area contributed by atoms with E-state index in [0.717, 1.165) is 34.9 Å².